The summed E-state index contributed by atoms with van der Waals surface area (Å²) in [4.78, 5) is 23.1. The number of ketones is 1. The molecule has 170 valence electrons. The van der Waals surface area contributed by atoms with Gasteiger partial charge in [0.15, 0.2) is 12.0 Å². The molecule has 2 atom stereocenters. The third-order valence-electron chi connectivity index (χ3n) is 5.37. The number of carbonyl (C=O) groups excluding carboxylic acids is 1. The van der Waals surface area contributed by atoms with Gasteiger partial charge in [-0.05, 0) is 48.9 Å². The molecule has 3 rings (SSSR count). The van der Waals surface area contributed by atoms with Gasteiger partial charge in [-0.15, -0.1) is 0 Å². The van der Waals surface area contributed by atoms with E-state index in [2.05, 4.69) is 29.2 Å². The number of halogens is 1. The van der Waals surface area contributed by atoms with Crippen LogP contribution in [0.25, 0.3) is 11.4 Å². The van der Waals surface area contributed by atoms with Crippen molar-refractivity contribution in [1.29, 1.82) is 10.5 Å². The van der Waals surface area contributed by atoms with Crippen molar-refractivity contribution >= 4 is 5.78 Å². The smallest absolute Gasteiger partial charge is 0.184 e. The van der Waals surface area contributed by atoms with E-state index in [1.165, 1.54) is 6.42 Å². The summed E-state index contributed by atoms with van der Waals surface area (Å²) in [6.45, 7) is 10.0. The maximum absolute atomic E-state index is 12.5. The van der Waals surface area contributed by atoms with Gasteiger partial charge in [-0.3, -0.25) is 14.2 Å². The second-order valence-corrected chi connectivity index (χ2v) is 7.71. The number of carbonyl (C=O) groups is 1. The maximum atomic E-state index is 12.5. The summed E-state index contributed by atoms with van der Waals surface area (Å²) >= 11 is 0. The van der Waals surface area contributed by atoms with Crippen LogP contribution in [-0.2, 0) is 6.42 Å². The predicted octanol–water partition coefficient (Wildman–Crippen LogP) is 5.20. The van der Waals surface area contributed by atoms with Crippen molar-refractivity contribution in [1.82, 2.24) is 14.9 Å². The van der Waals surface area contributed by atoms with Gasteiger partial charge in [0.05, 0.1) is 30.2 Å². The Bertz CT molecular complexity index is 964. The zero-order chi connectivity index (χ0) is 24.1. The molecule has 0 N–H and O–H groups in total. The van der Waals surface area contributed by atoms with Crippen LogP contribution in [0.4, 0.5) is 4.39 Å². The van der Waals surface area contributed by atoms with Crippen LogP contribution in [0.1, 0.15) is 62.2 Å². The van der Waals surface area contributed by atoms with E-state index in [0.717, 1.165) is 37.4 Å². The molecule has 3 heterocycles. The monoisotopic (exact) mass is 437 g/mol. The van der Waals surface area contributed by atoms with E-state index in [0.29, 0.717) is 29.8 Å². The van der Waals surface area contributed by atoms with Gasteiger partial charge in [-0.2, -0.15) is 10.5 Å². The number of likely N-dealkylation sites (tertiary alicyclic amines) is 1. The van der Waals surface area contributed by atoms with E-state index in [1.54, 1.807) is 18.3 Å². The van der Waals surface area contributed by atoms with Crippen LogP contribution in [0, 0.1) is 34.6 Å². The first-order valence-corrected chi connectivity index (χ1v) is 10.9. The van der Waals surface area contributed by atoms with Crippen LogP contribution >= 0.6 is 0 Å². The molecule has 32 heavy (non-hydrogen) atoms. The first-order chi connectivity index (χ1) is 15.4. The fraction of sp³-hybridized carbons (Fsp3) is 0.480. The predicted molar refractivity (Wildman–Crippen MR) is 123 cm³/mol. The zero-order valence-electron chi connectivity index (χ0n) is 19.6. The van der Waals surface area contributed by atoms with Crippen molar-refractivity contribution in [3.8, 4) is 23.7 Å². The van der Waals surface area contributed by atoms with Crippen molar-refractivity contribution in [2.75, 3.05) is 20.3 Å². The summed E-state index contributed by atoms with van der Waals surface area (Å²) < 4.78 is 9.50. The molecule has 0 amide bonds. The molecule has 1 aliphatic rings. The quantitative estimate of drug-likeness (QED) is 0.471. The molecule has 0 radical (unpaired) electrons. The molecule has 0 aliphatic carbocycles. The number of aryl methyl sites for hydroxylation is 1. The molecule has 0 saturated carbocycles. The van der Waals surface area contributed by atoms with Crippen LogP contribution in [0.2, 0.25) is 0 Å². The van der Waals surface area contributed by atoms with Crippen LogP contribution in [-0.4, -0.2) is 40.9 Å². The van der Waals surface area contributed by atoms with Gasteiger partial charge in [0.25, 0.3) is 0 Å². The third-order valence-corrected chi connectivity index (χ3v) is 5.37. The number of alkyl halides is 1. The van der Waals surface area contributed by atoms with Crippen molar-refractivity contribution < 1.29 is 9.18 Å². The van der Waals surface area contributed by atoms with Gasteiger partial charge in [-0.25, -0.2) is 4.98 Å². The first-order valence-electron chi connectivity index (χ1n) is 10.9. The highest BCUT2D eigenvalue weighted by Gasteiger charge is 2.19. The zero-order valence-corrected chi connectivity index (χ0v) is 19.6. The lowest BCUT2D eigenvalue weighted by Crippen LogP contribution is -2.15. The Balaban J connectivity index is 0.000000427. The lowest BCUT2D eigenvalue weighted by Gasteiger charge is -2.12. The summed E-state index contributed by atoms with van der Waals surface area (Å²) in [5.41, 5.74) is 3.24. The fourth-order valence-electron chi connectivity index (χ4n) is 3.21. The minimum Gasteiger partial charge on any atom is -0.310 e. The Kier molecular flexibility index (Phi) is 11.6. The minimum absolute atomic E-state index is 0.0496. The van der Waals surface area contributed by atoms with Gasteiger partial charge in [-0.1, -0.05) is 33.8 Å². The molecular weight excluding hydrogens is 405 g/mol. The van der Waals surface area contributed by atoms with Gasteiger partial charge in [0.1, 0.15) is 5.69 Å². The van der Waals surface area contributed by atoms with Gasteiger partial charge >= 0.3 is 0 Å². The minimum atomic E-state index is -0.0496. The van der Waals surface area contributed by atoms with E-state index in [1.807, 2.05) is 37.8 Å². The number of Topliss-reactive ketones (excluding diaryl/α,β-unsaturated/α-hetero) is 1. The van der Waals surface area contributed by atoms with Gasteiger partial charge in [0.2, 0.25) is 0 Å². The molecule has 0 bridgehead atoms. The standard InChI is InChI=1S/C18H19N3O.C6H10N2.CH3F/c1-4-12(3)18(22)17-14(5-2)6-7-15(21-17)16-10-13(11-19)8-9-20-16;1-6-2-3-8(4-6)5-7;1-2/h6-10,12H,4-5H2,1-3H3;6H,2-4H2,1H3;1H3. The molecule has 2 aromatic heterocycles. The van der Waals surface area contributed by atoms with E-state index in [4.69, 9.17) is 10.5 Å². The number of nitrogens with zero attached hydrogens (tertiary/aromatic N) is 5. The Morgan fingerprint density at radius 2 is 1.97 bits per heavy atom. The lowest BCUT2D eigenvalue weighted by molar-refractivity contribution is 0.0921. The number of aromatic nitrogens is 2. The van der Waals surface area contributed by atoms with Crippen molar-refractivity contribution in [2.45, 2.75) is 47.0 Å². The number of pyridine rings is 2. The summed E-state index contributed by atoms with van der Waals surface area (Å²) in [6, 6.07) is 9.21. The SMILES string of the molecule is CC1CCN(C#N)C1.CCc1ccc(-c2cc(C#N)ccn2)nc1C(=O)C(C)CC.CF. The van der Waals surface area contributed by atoms with Crippen molar-refractivity contribution in [2.24, 2.45) is 11.8 Å². The largest absolute Gasteiger partial charge is 0.310 e. The maximum Gasteiger partial charge on any atom is 0.184 e. The topological polar surface area (TPSA) is 93.7 Å². The van der Waals surface area contributed by atoms with Gasteiger partial charge < -0.3 is 4.90 Å². The molecule has 1 fully saturated rings. The van der Waals surface area contributed by atoms with E-state index >= 15 is 0 Å². The summed E-state index contributed by atoms with van der Waals surface area (Å²) in [5.74, 6) is 0.749. The third kappa shape index (κ3) is 7.42. The van der Waals surface area contributed by atoms with E-state index in [-0.39, 0.29) is 11.7 Å². The number of hydrogen-bond acceptors (Lipinski definition) is 6. The van der Waals surface area contributed by atoms with Crippen LogP contribution in [0.15, 0.2) is 30.5 Å². The Labute approximate surface area is 190 Å². The molecule has 6 nitrogen and oxygen atoms in total. The van der Waals surface area contributed by atoms with Gasteiger partial charge in [0, 0.05) is 25.2 Å². The molecule has 1 saturated heterocycles. The lowest BCUT2D eigenvalue weighted by atomic mass is 9.96. The molecule has 1 aliphatic heterocycles. The number of rotatable bonds is 5. The average Bonchev–Trinajstić information content (AvgIpc) is 3.29. The summed E-state index contributed by atoms with van der Waals surface area (Å²) in [6.07, 6.45) is 6.45. The highest BCUT2D eigenvalue weighted by atomic mass is 19.1. The van der Waals surface area contributed by atoms with Crippen LogP contribution < -0.4 is 0 Å². The van der Waals surface area contributed by atoms with Crippen molar-refractivity contribution in [3.05, 3.63) is 47.3 Å². The summed E-state index contributed by atoms with van der Waals surface area (Å²) in [7, 11) is 0.500. The second kappa shape index (κ2) is 13.9. The van der Waals surface area contributed by atoms with E-state index in [9.17, 15) is 9.18 Å². The Morgan fingerprint density at radius 1 is 1.25 bits per heavy atom. The first kappa shape index (κ1) is 26.7. The normalized spacial score (nSPS) is 15.2. The fourth-order valence-corrected chi connectivity index (χ4v) is 3.21. The van der Waals surface area contributed by atoms with E-state index < -0.39 is 0 Å². The van der Waals surface area contributed by atoms with Crippen LogP contribution in [0.5, 0.6) is 0 Å². The summed E-state index contributed by atoms with van der Waals surface area (Å²) in [5, 5.41) is 17.3. The average molecular weight is 438 g/mol. The Hall–Kier alpha value is -3.32. The highest BCUT2D eigenvalue weighted by Crippen LogP contribution is 2.21. The molecular formula is C25H32FN5O. The molecule has 2 aromatic rings. The molecule has 0 spiro atoms. The molecule has 2 unspecified atom stereocenters. The Morgan fingerprint density at radius 3 is 2.47 bits per heavy atom. The number of hydrogen-bond donors (Lipinski definition) is 0. The van der Waals surface area contributed by atoms with Crippen LogP contribution in [0.3, 0.4) is 0 Å². The second-order valence-electron chi connectivity index (χ2n) is 7.71. The number of nitriles is 2. The van der Waals surface area contributed by atoms with Crippen molar-refractivity contribution in [3.63, 3.8) is 0 Å². The molecule has 0 aromatic carbocycles. The molecule has 7 heteroatoms. The highest BCUT2D eigenvalue weighted by molar-refractivity contribution is 5.97.